The van der Waals surface area contributed by atoms with Crippen LogP contribution in [0.2, 0.25) is 0 Å². The van der Waals surface area contributed by atoms with Crippen LogP contribution in [0.25, 0.3) is 6.08 Å². The molecular weight excluding hydrogens is 400 g/mol. The number of ether oxygens (including phenoxy) is 1. The lowest BCUT2D eigenvalue weighted by Gasteiger charge is -2.16. The summed E-state index contributed by atoms with van der Waals surface area (Å²) in [7, 11) is 1.72. The maximum atomic E-state index is 11.8. The van der Waals surface area contributed by atoms with E-state index in [-0.39, 0.29) is 11.8 Å². The highest BCUT2D eigenvalue weighted by Crippen LogP contribution is 2.31. The Balaban J connectivity index is 2.15. The van der Waals surface area contributed by atoms with Crippen LogP contribution in [0.3, 0.4) is 0 Å². The Kier molecular flexibility index (Phi) is 6.20. The van der Waals surface area contributed by atoms with Crippen molar-refractivity contribution in [2.75, 3.05) is 20.2 Å². The highest BCUT2D eigenvalue weighted by Gasteiger charge is 2.22. The number of carbonyl (C=O) groups is 2. The summed E-state index contributed by atoms with van der Waals surface area (Å²) in [6.07, 6.45) is 1.74. The minimum atomic E-state index is -0.206. The molecule has 0 unspecified atom stereocenters. The van der Waals surface area contributed by atoms with Crippen LogP contribution >= 0.6 is 39.9 Å². The van der Waals surface area contributed by atoms with E-state index in [1.54, 1.807) is 18.0 Å². The van der Waals surface area contributed by atoms with Gasteiger partial charge in [-0.15, -0.1) is 0 Å². The second kappa shape index (κ2) is 7.94. The van der Waals surface area contributed by atoms with E-state index in [1.165, 1.54) is 18.7 Å². The van der Waals surface area contributed by atoms with Crippen molar-refractivity contribution < 1.29 is 14.3 Å². The number of likely N-dealkylation sites (N-methyl/N-ethyl adjacent to an activating group) is 1. The molecule has 1 aromatic rings. The molecule has 0 atom stereocenters. The molecule has 2 amide bonds. The number of benzene rings is 1. The van der Waals surface area contributed by atoms with Gasteiger partial charge in [0.05, 0.1) is 11.4 Å². The highest BCUT2D eigenvalue weighted by molar-refractivity contribution is 9.10. The number of carbonyl (C=O) groups excluding carboxylic acids is 2. The van der Waals surface area contributed by atoms with Crippen LogP contribution in [-0.4, -0.2) is 41.2 Å². The highest BCUT2D eigenvalue weighted by atomic mass is 79.9. The number of nitrogens with zero attached hydrogens (tertiary/aromatic N) is 1. The maximum absolute atomic E-state index is 11.8. The number of thiocarbonyl (C=S) groups is 1. The quantitative estimate of drug-likeness (QED) is 0.592. The SMILES string of the molecule is CC(=O)N(C)CCOc1ccc(Br)cc1C=C1SC(=S)NC1=O. The van der Waals surface area contributed by atoms with Crippen LogP contribution in [0.5, 0.6) is 5.75 Å². The molecule has 2 rings (SSSR count). The van der Waals surface area contributed by atoms with Crippen molar-refractivity contribution in [2.24, 2.45) is 0 Å². The summed E-state index contributed by atoms with van der Waals surface area (Å²) in [5.41, 5.74) is 0.771. The van der Waals surface area contributed by atoms with Crippen LogP contribution in [0.1, 0.15) is 12.5 Å². The average Bonchev–Trinajstić information content (AvgIpc) is 2.79. The molecule has 5 nitrogen and oxygen atoms in total. The molecule has 0 bridgehead atoms. The summed E-state index contributed by atoms with van der Waals surface area (Å²) in [6.45, 7) is 2.36. The number of rotatable bonds is 5. The predicted molar refractivity (Wildman–Crippen MR) is 99.3 cm³/mol. The zero-order valence-corrected chi connectivity index (χ0v) is 15.8. The van der Waals surface area contributed by atoms with Gasteiger partial charge in [-0.3, -0.25) is 9.59 Å². The molecular formula is C15H15BrN2O3S2. The fourth-order valence-electron chi connectivity index (χ4n) is 1.78. The Labute approximate surface area is 152 Å². The number of halogens is 1. The fourth-order valence-corrected chi connectivity index (χ4v) is 3.19. The molecule has 0 aromatic heterocycles. The number of thioether (sulfide) groups is 1. The van der Waals surface area contributed by atoms with Crippen LogP contribution in [0, 0.1) is 0 Å². The smallest absolute Gasteiger partial charge is 0.263 e. The van der Waals surface area contributed by atoms with Crippen LogP contribution in [-0.2, 0) is 9.59 Å². The van der Waals surface area contributed by atoms with Crippen LogP contribution in [0.4, 0.5) is 0 Å². The third-order valence-corrected chi connectivity index (χ3v) is 4.78. The van der Waals surface area contributed by atoms with E-state index < -0.39 is 0 Å². The first-order valence-corrected chi connectivity index (χ1v) is 8.77. The van der Waals surface area contributed by atoms with Gasteiger partial charge in [-0.2, -0.15) is 0 Å². The van der Waals surface area contributed by atoms with Crippen molar-refractivity contribution in [3.8, 4) is 5.75 Å². The topological polar surface area (TPSA) is 58.6 Å². The molecule has 1 aliphatic heterocycles. The first-order chi connectivity index (χ1) is 10.9. The molecule has 1 heterocycles. The zero-order chi connectivity index (χ0) is 17.0. The number of nitrogens with one attached hydrogen (secondary N) is 1. The minimum Gasteiger partial charge on any atom is -0.491 e. The monoisotopic (exact) mass is 414 g/mol. The normalized spacial score (nSPS) is 15.7. The Hall–Kier alpha value is -1.38. The van der Waals surface area contributed by atoms with Crippen LogP contribution < -0.4 is 10.1 Å². The minimum absolute atomic E-state index is 0.0145. The summed E-state index contributed by atoms with van der Waals surface area (Å²) in [6, 6.07) is 5.55. The summed E-state index contributed by atoms with van der Waals surface area (Å²) in [4.78, 5) is 25.1. The zero-order valence-electron chi connectivity index (χ0n) is 12.6. The van der Waals surface area contributed by atoms with Crippen molar-refractivity contribution in [3.05, 3.63) is 33.1 Å². The summed E-state index contributed by atoms with van der Waals surface area (Å²) < 4.78 is 7.08. The van der Waals surface area contributed by atoms with Gasteiger partial charge in [-0.05, 0) is 24.3 Å². The standard InChI is InChI=1S/C15H15BrN2O3S2/c1-9(19)18(2)5-6-21-12-4-3-11(16)7-10(12)8-13-14(20)17-15(22)23-13/h3-4,7-8H,5-6H2,1-2H3,(H,17,20,22). The van der Waals surface area contributed by atoms with Crippen molar-refractivity contribution in [3.63, 3.8) is 0 Å². The lowest BCUT2D eigenvalue weighted by molar-refractivity contribution is -0.127. The first-order valence-electron chi connectivity index (χ1n) is 6.75. The van der Waals surface area contributed by atoms with Crippen molar-refractivity contribution in [1.82, 2.24) is 10.2 Å². The van der Waals surface area contributed by atoms with Crippen molar-refractivity contribution in [1.29, 1.82) is 0 Å². The Morgan fingerprint density at radius 3 is 2.87 bits per heavy atom. The molecule has 0 spiro atoms. The van der Waals surface area contributed by atoms with E-state index in [0.717, 1.165) is 10.0 Å². The second-order valence-electron chi connectivity index (χ2n) is 4.82. The van der Waals surface area contributed by atoms with Crippen molar-refractivity contribution >= 4 is 62.1 Å². The maximum Gasteiger partial charge on any atom is 0.263 e. The van der Waals surface area contributed by atoms with Crippen molar-refractivity contribution in [2.45, 2.75) is 6.92 Å². The summed E-state index contributed by atoms with van der Waals surface area (Å²) >= 11 is 9.62. The molecule has 0 aliphatic carbocycles. The van der Waals surface area contributed by atoms with Gasteiger partial charge in [0.1, 0.15) is 16.7 Å². The van der Waals surface area contributed by atoms with Gasteiger partial charge in [0, 0.05) is 24.0 Å². The summed E-state index contributed by atoms with van der Waals surface area (Å²) in [5, 5.41) is 2.58. The Bertz CT molecular complexity index is 691. The number of amides is 2. The molecule has 1 fully saturated rings. The first kappa shape index (κ1) is 18.0. The lowest BCUT2D eigenvalue weighted by atomic mass is 10.2. The molecule has 0 saturated carbocycles. The summed E-state index contributed by atoms with van der Waals surface area (Å²) in [5.74, 6) is 0.422. The third kappa shape index (κ3) is 5.05. The molecule has 1 N–H and O–H groups in total. The van der Waals surface area contributed by atoms with Gasteiger partial charge in [-0.25, -0.2) is 0 Å². The second-order valence-corrected chi connectivity index (χ2v) is 7.46. The van der Waals surface area contributed by atoms with E-state index in [0.29, 0.717) is 28.1 Å². The molecule has 8 heteroatoms. The van der Waals surface area contributed by atoms with E-state index in [9.17, 15) is 9.59 Å². The molecule has 122 valence electrons. The Morgan fingerprint density at radius 1 is 1.52 bits per heavy atom. The largest absolute Gasteiger partial charge is 0.491 e. The van der Waals surface area contributed by atoms with Gasteiger partial charge in [0.2, 0.25) is 5.91 Å². The predicted octanol–water partition coefficient (Wildman–Crippen LogP) is 2.80. The molecule has 1 saturated heterocycles. The fraction of sp³-hybridized carbons (Fsp3) is 0.267. The lowest BCUT2D eigenvalue weighted by Crippen LogP contribution is -2.28. The Morgan fingerprint density at radius 2 is 2.26 bits per heavy atom. The average molecular weight is 415 g/mol. The van der Waals surface area contributed by atoms with Gasteiger partial charge < -0.3 is 15.0 Å². The molecule has 23 heavy (non-hydrogen) atoms. The molecule has 0 radical (unpaired) electrons. The van der Waals surface area contributed by atoms with Gasteiger partial charge in [0.25, 0.3) is 5.91 Å². The van der Waals surface area contributed by atoms with Gasteiger partial charge in [0.15, 0.2) is 0 Å². The van der Waals surface area contributed by atoms with E-state index in [1.807, 2.05) is 18.2 Å². The molecule has 1 aliphatic rings. The molecule has 1 aromatic carbocycles. The van der Waals surface area contributed by atoms with E-state index in [4.69, 9.17) is 17.0 Å². The van der Waals surface area contributed by atoms with Gasteiger partial charge >= 0.3 is 0 Å². The van der Waals surface area contributed by atoms with Gasteiger partial charge in [-0.1, -0.05) is 39.9 Å². The third-order valence-electron chi connectivity index (χ3n) is 3.12. The van der Waals surface area contributed by atoms with E-state index >= 15 is 0 Å². The number of hydrogen-bond donors (Lipinski definition) is 1. The van der Waals surface area contributed by atoms with E-state index in [2.05, 4.69) is 21.2 Å². The number of hydrogen-bond acceptors (Lipinski definition) is 5. The van der Waals surface area contributed by atoms with Crippen LogP contribution in [0.15, 0.2) is 27.6 Å².